The molecule has 1 N–H and O–H groups in total. The number of halogens is 1. The summed E-state index contributed by atoms with van der Waals surface area (Å²) < 4.78 is 0.874. The molecule has 0 aliphatic heterocycles. The van der Waals surface area contributed by atoms with Gasteiger partial charge in [-0.25, -0.2) is 4.98 Å². The number of nitrogens with zero attached hydrogens (tertiary/aromatic N) is 2. The lowest BCUT2D eigenvalue weighted by Crippen LogP contribution is -2.15. The van der Waals surface area contributed by atoms with Crippen LogP contribution in [0.2, 0.25) is 0 Å². The summed E-state index contributed by atoms with van der Waals surface area (Å²) in [7, 11) is 0. The van der Waals surface area contributed by atoms with Crippen molar-refractivity contribution in [1.82, 2.24) is 9.97 Å². The van der Waals surface area contributed by atoms with E-state index >= 15 is 0 Å². The Balaban J connectivity index is 2.64. The van der Waals surface area contributed by atoms with Gasteiger partial charge in [-0.1, -0.05) is 53.7 Å². The predicted octanol–water partition coefficient (Wildman–Crippen LogP) is 3.57. The first kappa shape index (κ1) is 14.8. The molecule has 2 rings (SSSR count). The summed E-state index contributed by atoms with van der Waals surface area (Å²) in [6, 6.07) is 9.33. The highest BCUT2D eigenvalue weighted by Crippen LogP contribution is 2.25. The SMILES string of the molecule is CC(C)Sc1nc(-c2cccc(Br)c2)c(C#N)c(=O)[nH]1. The lowest BCUT2D eigenvalue weighted by molar-refractivity contribution is 0.925. The number of hydrogen-bond donors (Lipinski definition) is 1. The fourth-order valence-electron chi connectivity index (χ4n) is 1.68. The molecule has 0 aliphatic rings. The van der Waals surface area contributed by atoms with E-state index in [2.05, 4.69) is 25.9 Å². The summed E-state index contributed by atoms with van der Waals surface area (Å²) in [6.07, 6.45) is 0. The highest BCUT2D eigenvalue weighted by atomic mass is 79.9. The van der Waals surface area contributed by atoms with Gasteiger partial charge in [0.05, 0.1) is 5.69 Å². The number of hydrogen-bond acceptors (Lipinski definition) is 4. The van der Waals surface area contributed by atoms with Crippen LogP contribution in [-0.4, -0.2) is 15.2 Å². The zero-order chi connectivity index (χ0) is 14.7. The van der Waals surface area contributed by atoms with Crippen LogP contribution in [0.15, 0.2) is 38.7 Å². The Bertz CT molecular complexity index is 734. The summed E-state index contributed by atoms with van der Waals surface area (Å²) in [4.78, 5) is 19.1. The van der Waals surface area contributed by atoms with Crippen molar-refractivity contribution in [2.45, 2.75) is 24.3 Å². The van der Waals surface area contributed by atoms with E-state index in [1.807, 2.05) is 44.2 Å². The molecule has 6 heteroatoms. The predicted molar refractivity (Wildman–Crippen MR) is 83.7 cm³/mol. The van der Waals surface area contributed by atoms with E-state index in [-0.39, 0.29) is 5.56 Å². The molecular formula is C14H12BrN3OS. The molecule has 1 aromatic heterocycles. The molecule has 1 heterocycles. The van der Waals surface area contributed by atoms with Crippen molar-refractivity contribution >= 4 is 27.7 Å². The van der Waals surface area contributed by atoms with Crippen molar-refractivity contribution in [2.75, 3.05) is 0 Å². The highest BCUT2D eigenvalue weighted by molar-refractivity contribution is 9.10. The highest BCUT2D eigenvalue weighted by Gasteiger charge is 2.14. The van der Waals surface area contributed by atoms with Crippen molar-refractivity contribution in [3.63, 3.8) is 0 Å². The van der Waals surface area contributed by atoms with Crippen LogP contribution in [0.3, 0.4) is 0 Å². The number of H-pyrrole nitrogens is 1. The maximum absolute atomic E-state index is 12.0. The normalized spacial score (nSPS) is 10.6. The van der Waals surface area contributed by atoms with Gasteiger partial charge in [0.1, 0.15) is 11.6 Å². The number of rotatable bonds is 3. The van der Waals surface area contributed by atoms with Crippen molar-refractivity contribution in [3.05, 3.63) is 44.7 Å². The zero-order valence-electron chi connectivity index (χ0n) is 11.0. The molecule has 0 spiro atoms. The first-order valence-corrected chi connectivity index (χ1v) is 7.65. The maximum Gasteiger partial charge on any atom is 0.270 e. The van der Waals surface area contributed by atoms with Crippen LogP contribution in [0.4, 0.5) is 0 Å². The molecule has 4 nitrogen and oxygen atoms in total. The van der Waals surface area contributed by atoms with Crippen molar-refractivity contribution < 1.29 is 0 Å². The van der Waals surface area contributed by atoms with Crippen molar-refractivity contribution in [2.24, 2.45) is 0 Å². The first-order chi connectivity index (χ1) is 9.51. The molecule has 2 aromatic rings. The third kappa shape index (κ3) is 3.30. The number of nitriles is 1. The number of aromatic nitrogens is 2. The smallest absolute Gasteiger partial charge is 0.270 e. The molecule has 0 saturated carbocycles. The van der Waals surface area contributed by atoms with Gasteiger partial charge in [-0.2, -0.15) is 5.26 Å². The minimum atomic E-state index is -0.402. The minimum absolute atomic E-state index is 0.0382. The van der Waals surface area contributed by atoms with Crippen LogP contribution in [0.25, 0.3) is 11.3 Å². The monoisotopic (exact) mass is 349 g/mol. The average Bonchev–Trinajstić information content (AvgIpc) is 2.37. The Morgan fingerprint density at radius 3 is 2.80 bits per heavy atom. The molecule has 102 valence electrons. The van der Waals surface area contributed by atoms with E-state index in [0.717, 1.165) is 10.0 Å². The van der Waals surface area contributed by atoms with E-state index in [4.69, 9.17) is 0 Å². The first-order valence-electron chi connectivity index (χ1n) is 5.98. The van der Waals surface area contributed by atoms with Gasteiger partial charge in [0.15, 0.2) is 5.16 Å². The molecule has 0 amide bonds. The molecular weight excluding hydrogens is 338 g/mol. The van der Waals surface area contributed by atoms with E-state index < -0.39 is 5.56 Å². The Morgan fingerprint density at radius 2 is 2.20 bits per heavy atom. The largest absolute Gasteiger partial charge is 0.300 e. The number of aromatic amines is 1. The average molecular weight is 350 g/mol. The Labute approximate surface area is 129 Å². The molecule has 0 fully saturated rings. The minimum Gasteiger partial charge on any atom is -0.300 e. The van der Waals surface area contributed by atoms with E-state index in [0.29, 0.717) is 16.1 Å². The summed E-state index contributed by atoms with van der Waals surface area (Å²) in [5.41, 5.74) is 0.796. The molecule has 0 radical (unpaired) electrons. The Kier molecular flexibility index (Phi) is 4.63. The molecule has 0 bridgehead atoms. The second kappa shape index (κ2) is 6.25. The quantitative estimate of drug-likeness (QED) is 0.679. The maximum atomic E-state index is 12.0. The molecule has 20 heavy (non-hydrogen) atoms. The summed E-state index contributed by atoms with van der Waals surface area (Å²) in [6.45, 7) is 4.03. The number of nitrogens with one attached hydrogen (secondary N) is 1. The zero-order valence-corrected chi connectivity index (χ0v) is 13.4. The van der Waals surface area contributed by atoms with Crippen LogP contribution < -0.4 is 5.56 Å². The fourth-order valence-corrected chi connectivity index (χ4v) is 2.82. The second-order valence-corrected chi connectivity index (χ2v) is 6.86. The van der Waals surface area contributed by atoms with Crippen LogP contribution in [0.5, 0.6) is 0 Å². The van der Waals surface area contributed by atoms with Crippen LogP contribution in [-0.2, 0) is 0 Å². The van der Waals surface area contributed by atoms with Gasteiger partial charge in [0.25, 0.3) is 5.56 Å². The summed E-state index contributed by atoms with van der Waals surface area (Å²) in [5, 5.41) is 9.99. The van der Waals surface area contributed by atoms with Crippen LogP contribution in [0.1, 0.15) is 19.4 Å². The Hall–Kier alpha value is -1.58. The van der Waals surface area contributed by atoms with Gasteiger partial charge >= 0.3 is 0 Å². The third-order valence-electron chi connectivity index (χ3n) is 2.45. The van der Waals surface area contributed by atoms with E-state index in [1.165, 1.54) is 11.8 Å². The standard InChI is InChI=1S/C14H12BrN3OS/c1-8(2)20-14-17-12(11(7-16)13(19)18-14)9-4-3-5-10(15)6-9/h3-6,8H,1-2H3,(H,17,18,19). The Morgan fingerprint density at radius 1 is 1.45 bits per heavy atom. The number of benzene rings is 1. The van der Waals surface area contributed by atoms with Gasteiger partial charge in [0.2, 0.25) is 0 Å². The topological polar surface area (TPSA) is 69.5 Å². The van der Waals surface area contributed by atoms with Gasteiger partial charge < -0.3 is 4.98 Å². The molecule has 0 saturated heterocycles. The van der Waals surface area contributed by atoms with Crippen LogP contribution in [0, 0.1) is 11.3 Å². The molecule has 0 atom stereocenters. The van der Waals surface area contributed by atoms with Gasteiger partial charge in [-0.3, -0.25) is 4.79 Å². The van der Waals surface area contributed by atoms with Crippen molar-refractivity contribution in [1.29, 1.82) is 5.26 Å². The lowest BCUT2D eigenvalue weighted by Gasteiger charge is -2.08. The fraction of sp³-hybridized carbons (Fsp3) is 0.214. The third-order valence-corrected chi connectivity index (χ3v) is 3.84. The second-order valence-electron chi connectivity index (χ2n) is 4.38. The van der Waals surface area contributed by atoms with E-state index in [1.54, 1.807) is 0 Å². The summed E-state index contributed by atoms with van der Waals surface area (Å²) >= 11 is 4.84. The van der Waals surface area contributed by atoms with E-state index in [9.17, 15) is 10.1 Å². The summed E-state index contributed by atoms with van der Waals surface area (Å²) in [5.74, 6) is 0. The van der Waals surface area contributed by atoms with Gasteiger partial charge in [-0.05, 0) is 12.1 Å². The molecule has 0 aliphatic carbocycles. The van der Waals surface area contributed by atoms with Gasteiger partial charge in [-0.15, -0.1) is 0 Å². The number of thioether (sulfide) groups is 1. The molecule has 1 aromatic carbocycles. The van der Waals surface area contributed by atoms with Crippen LogP contribution >= 0.6 is 27.7 Å². The van der Waals surface area contributed by atoms with Gasteiger partial charge in [0, 0.05) is 15.3 Å². The lowest BCUT2D eigenvalue weighted by atomic mass is 10.1. The van der Waals surface area contributed by atoms with Crippen molar-refractivity contribution in [3.8, 4) is 17.3 Å². The molecule has 0 unspecified atom stereocenters.